The van der Waals surface area contributed by atoms with Crippen molar-refractivity contribution in [1.29, 1.82) is 0 Å². The molecule has 1 aromatic rings. The van der Waals surface area contributed by atoms with Gasteiger partial charge in [0.05, 0.1) is 12.2 Å². The van der Waals surface area contributed by atoms with Crippen LogP contribution >= 0.6 is 23.1 Å². The number of nitrogens with one attached hydrogen (secondary N) is 1. The molecule has 0 radical (unpaired) electrons. The Hall–Kier alpha value is -0.940. The van der Waals surface area contributed by atoms with Crippen LogP contribution in [0.15, 0.2) is 11.6 Å². The molecule has 6 heteroatoms. The van der Waals surface area contributed by atoms with E-state index in [1.54, 1.807) is 0 Å². The van der Waals surface area contributed by atoms with Crippen LogP contribution in [-0.4, -0.2) is 22.0 Å². The van der Waals surface area contributed by atoms with E-state index in [1.807, 2.05) is 6.92 Å². The van der Waals surface area contributed by atoms with Crippen LogP contribution in [0.4, 0.5) is 0 Å². The zero-order chi connectivity index (χ0) is 11.3. The third-order valence-electron chi connectivity index (χ3n) is 1.69. The molecule has 0 saturated heterocycles. The highest BCUT2D eigenvalue weighted by Crippen LogP contribution is 2.12. The van der Waals surface area contributed by atoms with Gasteiger partial charge in [-0.05, 0) is 18.0 Å². The molecule has 1 amide bonds. The summed E-state index contributed by atoms with van der Waals surface area (Å²) in [7, 11) is 0. The lowest BCUT2D eigenvalue weighted by Gasteiger charge is -2.02. The summed E-state index contributed by atoms with van der Waals surface area (Å²) in [4.78, 5) is 12.2. The summed E-state index contributed by atoms with van der Waals surface area (Å²) in [6.07, 6.45) is 1.70. The van der Waals surface area contributed by atoms with E-state index in [1.165, 1.54) is 0 Å². The normalized spacial score (nSPS) is 10.0. The van der Waals surface area contributed by atoms with Gasteiger partial charge in [-0.2, -0.15) is 0 Å². The fourth-order valence-corrected chi connectivity index (χ4v) is 1.73. The number of aryl methyl sites for hydroxylation is 1. The number of nitrogens with zero attached hydrogens (tertiary/aromatic N) is 2. The largest absolute Gasteiger partial charge is 0.346 e. The van der Waals surface area contributed by atoms with Crippen LogP contribution in [0, 0.1) is 0 Å². The first-order valence-electron chi connectivity index (χ1n) is 4.57. The van der Waals surface area contributed by atoms with Gasteiger partial charge in [-0.15, -0.1) is 5.10 Å². The first-order valence-corrected chi connectivity index (χ1v) is 5.73. The van der Waals surface area contributed by atoms with E-state index in [-0.39, 0.29) is 12.5 Å². The molecule has 1 N–H and O–H groups in total. The summed E-state index contributed by atoms with van der Waals surface area (Å²) in [6.45, 7) is 5.79. The summed E-state index contributed by atoms with van der Waals surface area (Å²) < 4.78 is 3.76. The van der Waals surface area contributed by atoms with Crippen molar-refractivity contribution in [2.24, 2.45) is 0 Å². The van der Waals surface area contributed by atoms with Gasteiger partial charge in [0.1, 0.15) is 4.88 Å². The van der Waals surface area contributed by atoms with E-state index in [0.717, 1.165) is 30.1 Å². The molecule has 1 rings (SSSR count). The summed E-state index contributed by atoms with van der Waals surface area (Å²) in [5.41, 5.74) is 0.750. The maximum absolute atomic E-state index is 11.6. The van der Waals surface area contributed by atoms with Gasteiger partial charge in [0.15, 0.2) is 0 Å². The molecule has 0 aliphatic rings. The molecule has 0 aliphatic carbocycles. The predicted octanol–water partition coefficient (Wildman–Crippen LogP) is 1.97. The molecule has 0 saturated carbocycles. The molecular formula is C9H12ClN3OS. The lowest BCUT2D eigenvalue weighted by atomic mass is 10.2. The van der Waals surface area contributed by atoms with Crippen LogP contribution in [-0.2, 0) is 6.42 Å². The summed E-state index contributed by atoms with van der Waals surface area (Å²) in [5.74, 6) is -0.185. The van der Waals surface area contributed by atoms with E-state index in [4.69, 9.17) is 11.6 Å². The Kier molecular flexibility index (Phi) is 4.71. The van der Waals surface area contributed by atoms with E-state index < -0.39 is 0 Å². The van der Waals surface area contributed by atoms with E-state index >= 15 is 0 Å². The molecular weight excluding hydrogens is 234 g/mol. The van der Waals surface area contributed by atoms with Gasteiger partial charge in [-0.3, -0.25) is 4.79 Å². The molecule has 0 unspecified atom stereocenters. The van der Waals surface area contributed by atoms with Crippen molar-refractivity contribution in [3.05, 3.63) is 22.2 Å². The van der Waals surface area contributed by atoms with Crippen molar-refractivity contribution in [3.8, 4) is 0 Å². The van der Waals surface area contributed by atoms with Crippen LogP contribution in [0.2, 0.25) is 0 Å². The molecule has 4 nitrogen and oxygen atoms in total. The minimum Gasteiger partial charge on any atom is -0.346 e. The molecule has 1 heterocycles. The van der Waals surface area contributed by atoms with Gasteiger partial charge < -0.3 is 5.32 Å². The highest BCUT2D eigenvalue weighted by Gasteiger charge is 2.14. The van der Waals surface area contributed by atoms with E-state index in [0.29, 0.717) is 9.91 Å². The maximum Gasteiger partial charge on any atom is 0.265 e. The lowest BCUT2D eigenvalue weighted by molar-refractivity contribution is 0.0960. The summed E-state index contributed by atoms with van der Waals surface area (Å²) >= 11 is 6.65. The third kappa shape index (κ3) is 3.60. The van der Waals surface area contributed by atoms with Gasteiger partial charge in [0.2, 0.25) is 0 Å². The molecule has 0 fully saturated rings. The number of aromatic nitrogens is 2. The Balaban J connectivity index is 2.64. The molecule has 82 valence electrons. The number of amides is 1. The Labute approximate surface area is 97.5 Å². The van der Waals surface area contributed by atoms with Crippen molar-refractivity contribution in [2.75, 3.05) is 6.54 Å². The van der Waals surface area contributed by atoms with E-state index in [9.17, 15) is 4.79 Å². The molecule has 15 heavy (non-hydrogen) atoms. The zero-order valence-electron chi connectivity index (χ0n) is 8.42. The average Bonchev–Trinajstić information content (AvgIpc) is 2.63. The Morgan fingerprint density at radius 2 is 2.40 bits per heavy atom. The molecule has 0 aromatic carbocycles. The first kappa shape index (κ1) is 12.1. The predicted molar refractivity (Wildman–Crippen MR) is 61.2 cm³/mol. The maximum atomic E-state index is 11.6. The summed E-state index contributed by atoms with van der Waals surface area (Å²) in [6, 6.07) is 0. The smallest absolute Gasteiger partial charge is 0.265 e. The molecule has 0 bridgehead atoms. The fourth-order valence-electron chi connectivity index (χ4n) is 1.04. The van der Waals surface area contributed by atoms with Crippen LogP contribution < -0.4 is 5.32 Å². The first-order chi connectivity index (χ1) is 7.15. The number of hydrogen-bond donors (Lipinski definition) is 1. The van der Waals surface area contributed by atoms with Crippen LogP contribution in [0.1, 0.15) is 28.7 Å². The van der Waals surface area contributed by atoms with Gasteiger partial charge in [-0.25, -0.2) is 0 Å². The topological polar surface area (TPSA) is 54.9 Å². The fraction of sp³-hybridized carbons (Fsp3) is 0.444. The Morgan fingerprint density at radius 3 is 3.00 bits per heavy atom. The zero-order valence-corrected chi connectivity index (χ0v) is 9.99. The van der Waals surface area contributed by atoms with Crippen LogP contribution in [0.25, 0.3) is 0 Å². The number of hydrogen-bond acceptors (Lipinski definition) is 4. The average molecular weight is 246 g/mol. The monoisotopic (exact) mass is 245 g/mol. The van der Waals surface area contributed by atoms with Gasteiger partial charge >= 0.3 is 0 Å². The second-order valence-electron chi connectivity index (χ2n) is 3.00. The third-order valence-corrected chi connectivity index (χ3v) is 2.59. The van der Waals surface area contributed by atoms with Gasteiger partial charge in [-0.1, -0.05) is 36.0 Å². The van der Waals surface area contributed by atoms with Crippen molar-refractivity contribution in [3.63, 3.8) is 0 Å². The number of carbonyl (C=O) groups excluding carboxylic acids is 1. The van der Waals surface area contributed by atoms with Crippen molar-refractivity contribution in [2.45, 2.75) is 19.8 Å². The minimum atomic E-state index is -0.185. The second-order valence-corrected chi connectivity index (χ2v) is 4.29. The Bertz CT molecular complexity index is 364. The number of carbonyl (C=O) groups is 1. The molecule has 1 aromatic heterocycles. The highest BCUT2D eigenvalue weighted by molar-refractivity contribution is 7.08. The second kappa shape index (κ2) is 5.82. The molecule has 0 aliphatic heterocycles. The van der Waals surface area contributed by atoms with Crippen molar-refractivity contribution in [1.82, 2.24) is 14.9 Å². The van der Waals surface area contributed by atoms with Crippen molar-refractivity contribution < 1.29 is 4.79 Å². The van der Waals surface area contributed by atoms with Crippen LogP contribution in [0.5, 0.6) is 0 Å². The SMILES string of the molecule is C=C(Cl)CNC(=O)c1snnc1CCC. The van der Waals surface area contributed by atoms with E-state index in [2.05, 4.69) is 21.5 Å². The van der Waals surface area contributed by atoms with Crippen molar-refractivity contribution >= 4 is 29.0 Å². The molecule has 0 atom stereocenters. The minimum absolute atomic E-state index is 0.185. The summed E-state index contributed by atoms with van der Waals surface area (Å²) in [5, 5.41) is 6.95. The Morgan fingerprint density at radius 1 is 1.67 bits per heavy atom. The lowest BCUT2D eigenvalue weighted by Crippen LogP contribution is -2.24. The quantitative estimate of drug-likeness (QED) is 0.863. The van der Waals surface area contributed by atoms with Gasteiger partial charge in [0, 0.05) is 5.03 Å². The number of halogens is 1. The number of rotatable bonds is 5. The standard InChI is InChI=1S/C9H12ClN3OS/c1-3-4-7-8(15-13-12-7)9(14)11-5-6(2)10/h2-5H2,1H3,(H,11,14). The highest BCUT2D eigenvalue weighted by atomic mass is 35.5. The van der Waals surface area contributed by atoms with Gasteiger partial charge in [0.25, 0.3) is 5.91 Å². The van der Waals surface area contributed by atoms with Crippen LogP contribution in [0.3, 0.4) is 0 Å². The molecule has 0 spiro atoms.